The number of rotatable bonds is 4. The summed E-state index contributed by atoms with van der Waals surface area (Å²) in [6, 6.07) is 0. The summed E-state index contributed by atoms with van der Waals surface area (Å²) in [5, 5.41) is 20.1. The molecule has 0 aromatic rings. The average molecular weight is 248 g/mol. The Morgan fingerprint density at radius 3 is 2.69 bits per heavy atom. The van der Waals surface area contributed by atoms with E-state index < -0.39 is 16.7 Å². The van der Waals surface area contributed by atoms with Crippen molar-refractivity contribution in [3.05, 3.63) is 10.1 Å². The molecule has 0 aromatic heterocycles. The average Bonchev–Trinajstić information content (AvgIpc) is 2.63. The maximum absolute atomic E-state index is 10.6. The molecular weight excluding hydrogens is 234 g/mol. The Kier molecular flexibility index (Phi) is 3.98. The van der Waals surface area contributed by atoms with Crippen molar-refractivity contribution in [2.75, 3.05) is 5.88 Å². The van der Waals surface area contributed by atoms with E-state index in [0.29, 0.717) is 0 Å². The maximum atomic E-state index is 10.6. The second-order valence-corrected chi connectivity index (χ2v) is 4.34. The lowest BCUT2D eigenvalue weighted by atomic mass is 9.92. The molecule has 0 aliphatic carbocycles. The van der Waals surface area contributed by atoms with Gasteiger partial charge in [-0.15, -0.1) is 11.6 Å². The van der Waals surface area contributed by atoms with Gasteiger partial charge in [-0.25, -0.2) is 4.99 Å². The van der Waals surface area contributed by atoms with E-state index in [1.165, 1.54) is 0 Å². The van der Waals surface area contributed by atoms with Crippen LogP contribution in [0.4, 0.5) is 0 Å². The predicted octanol–water partition coefficient (Wildman–Crippen LogP) is 1.09. The minimum atomic E-state index is -0.948. The lowest BCUT2D eigenvalue weighted by Gasteiger charge is -2.23. The maximum Gasteiger partial charge on any atom is 0.378 e. The summed E-state index contributed by atoms with van der Waals surface area (Å²) in [4.78, 5) is 18.0. The second kappa shape index (κ2) is 4.88. The Hall–Kier alpha value is -1.01. The molecule has 6 nitrogen and oxygen atoms in total. The SMILES string of the molecule is CC(C)C1(CC(O)CCl)N=CC([N+](=O)[O-])=N1. The fourth-order valence-corrected chi connectivity index (χ4v) is 1.64. The lowest BCUT2D eigenvalue weighted by molar-refractivity contribution is -0.345. The van der Waals surface area contributed by atoms with Gasteiger partial charge in [0.05, 0.1) is 6.10 Å². The molecule has 2 unspecified atom stereocenters. The van der Waals surface area contributed by atoms with Gasteiger partial charge in [0.2, 0.25) is 5.66 Å². The number of alkyl halides is 1. The van der Waals surface area contributed by atoms with Gasteiger partial charge in [0, 0.05) is 18.2 Å². The monoisotopic (exact) mass is 247 g/mol. The molecule has 0 radical (unpaired) electrons. The topological polar surface area (TPSA) is 88.1 Å². The Morgan fingerprint density at radius 2 is 2.31 bits per heavy atom. The van der Waals surface area contributed by atoms with Crippen LogP contribution in [-0.2, 0) is 0 Å². The van der Waals surface area contributed by atoms with Crippen LogP contribution < -0.4 is 0 Å². The molecule has 0 amide bonds. The summed E-state index contributed by atoms with van der Waals surface area (Å²) in [5.41, 5.74) is -0.948. The van der Waals surface area contributed by atoms with Crippen LogP contribution in [0.3, 0.4) is 0 Å². The second-order valence-electron chi connectivity index (χ2n) is 4.03. The molecule has 90 valence electrons. The van der Waals surface area contributed by atoms with Gasteiger partial charge in [0.15, 0.2) is 0 Å². The molecule has 1 heterocycles. The van der Waals surface area contributed by atoms with E-state index >= 15 is 0 Å². The van der Waals surface area contributed by atoms with Crippen molar-refractivity contribution in [3.63, 3.8) is 0 Å². The van der Waals surface area contributed by atoms with Gasteiger partial charge < -0.3 is 15.2 Å². The standard InChI is InChI=1S/C9H14ClN3O3/c1-6(2)9(3-7(14)4-10)11-5-8(12-9)13(15)16/h5-7,14H,3-4H2,1-2H3. The van der Waals surface area contributed by atoms with Gasteiger partial charge in [-0.2, -0.15) is 0 Å². The molecule has 0 fully saturated rings. The van der Waals surface area contributed by atoms with Crippen LogP contribution in [0.1, 0.15) is 20.3 Å². The smallest absolute Gasteiger partial charge is 0.378 e. The van der Waals surface area contributed by atoms with Gasteiger partial charge in [0.25, 0.3) is 0 Å². The van der Waals surface area contributed by atoms with Gasteiger partial charge in [-0.05, 0) is 9.92 Å². The molecule has 0 saturated carbocycles. The van der Waals surface area contributed by atoms with Crippen LogP contribution in [0.25, 0.3) is 0 Å². The van der Waals surface area contributed by atoms with E-state index in [0.717, 1.165) is 6.21 Å². The van der Waals surface area contributed by atoms with E-state index in [1.807, 2.05) is 13.8 Å². The zero-order chi connectivity index (χ0) is 12.3. The third kappa shape index (κ3) is 2.56. The molecule has 1 aliphatic heterocycles. The Morgan fingerprint density at radius 1 is 1.69 bits per heavy atom. The van der Waals surface area contributed by atoms with Crippen LogP contribution in [0.5, 0.6) is 0 Å². The van der Waals surface area contributed by atoms with Crippen LogP contribution in [0.2, 0.25) is 0 Å². The highest BCUT2D eigenvalue weighted by molar-refractivity contribution is 6.26. The molecule has 0 saturated heterocycles. The van der Waals surface area contributed by atoms with Crippen molar-refractivity contribution in [1.82, 2.24) is 0 Å². The fraction of sp³-hybridized carbons (Fsp3) is 0.778. The molecule has 16 heavy (non-hydrogen) atoms. The number of aliphatic hydroxyl groups is 1. The van der Waals surface area contributed by atoms with E-state index in [9.17, 15) is 15.2 Å². The first kappa shape index (κ1) is 13.1. The molecule has 1 aliphatic rings. The highest BCUT2D eigenvalue weighted by Gasteiger charge is 2.45. The van der Waals surface area contributed by atoms with Crippen molar-refractivity contribution in [3.8, 4) is 0 Å². The van der Waals surface area contributed by atoms with Crippen molar-refractivity contribution in [1.29, 1.82) is 0 Å². The molecular formula is C9H14ClN3O3. The first-order chi connectivity index (χ1) is 7.41. The Balaban J connectivity index is 2.94. The molecule has 1 N–H and O–H groups in total. The number of nitrogens with zero attached hydrogens (tertiary/aromatic N) is 3. The summed E-state index contributed by atoms with van der Waals surface area (Å²) >= 11 is 5.51. The first-order valence-corrected chi connectivity index (χ1v) is 5.48. The molecule has 0 bridgehead atoms. The normalized spacial score (nSPS) is 25.9. The van der Waals surface area contributed by atoms with Gasteiger partial charge in [-0.3, -0.25) is 0 Å². The highest BCUT2D eigenvalue weighted by Crippen LogP contribution is 2.32. The summed E-state index contributed by atoms with van der Waals surface area (Å²) < 4.78 is 0. The number of nitro groups is 1. The number of aliphatic imine (C=N–C) groups is 2. The van der Waals surface area contributed by atoms with Crippen LogP contribution in [0.15, 0.2) is 9.98 Å². The van der Waals surface area contributed by atoms with Crippen LogP contribution in [0, 0.1) is 16.0 Å². The van der Waals surface area contributed by atoms with Crippen LogP contribution in [-0.4, -0.2) is 39.7 Å². The van der Waals surface area contributed by atoms with E-state index in [4.69, 9.17) is 11.6 Å². The van der Waals surface area contributed by atoms with Crippen molar-refractivity contribution in [2.24, 2.45) is 15.9 Å². The Labute approximate surface area is 98.2 Å². The predicted molar refractivity (Wildman–Crippen MR) is 61.8 cm³/mol. The minimum absolute atomic E-state index is 0.0425. The summed E-state index contributed by atoms with van der Waals surface area (Å²) in [5.74, 6) is -0.248. The van der Waals surface area contributed by atoms with Gasteiger partial charge in [-0.1, -0.05) is 13.8 Å². The molecule has 0 spiro atoms. The first-order valence-electron chi connectivity index (χ1n) is 4.95. The van der Waals surface area contributed by atoms with Crippen molar-refractivity contribution < 1.29 is 10.0 Å². The molecule has 7 heteroatoms. The summed E-state index contributed by atoms with van der Waals surface area (Å²) in [6.07, 6.45) is 0.569. The zero-order valence-corrected chi connectivity index (χ0v) is 9.89. The van der Waals surface area contributed by atoms with Gasteiger partial charge >= 0.3 is 5.84 Å². The van der Waals surface area contributed by atoms with Crippen molar-refractivity contribution >= 4 is 23.7 Å². The van der Waals surface area contributed by atoms with Gasteiger partial charge in [0.1, 0.15) is 6.21 Å². The number of amidine groups is 1. The zero-order valence-electron chi connectivity index (χ0n) is 9.13. The third-order valence-electron chi connectivity index (χ3n) is 2.54. The largest absolute Gasteiger partial charge is 0.392 e. The van der Waals surface area contributed by atoms with E-state index in [-0.39, 0.29) is 24.1 Å². The number of aliphatic hydroxyl groups excluding tert-OH is 1. The number of hydrogen-bond acceptors (Lipinski definition) is 5. The molecule has 1 rings (SSSR count). The van der Waals surface area contributed by atoms with E-state index in [2.05, 4.69) is 9.98 Å². The number of hydrogen-bond donors (Lipinski definition) is 1. The summed E-state index contributed by atoms with van der Waals surface area (Å²) in [7, 11) is 0. The van der Waals surface area contributed by atoms with E-state index in [1.54, 1.807) is 0 Å². The van der Waals surface area contributed by atoms with Crippen molar-refractivity contribution in [2.45, 2.75) is 32.0 Å². The third-order valence-corrected chi connectivity index (χ3v) is 2.89. The fourth-order valence-electron chi connectivity index (χ4n) is 1.53. The molecule has 2 atom stereocenters. The van der Waals surface area contributed by atoms with Crippen LogP contribution >= 0.6 is 11.6 Å². The summed E-state index contributed by atoms with van der Waals surface area (Å²) in [6.45, 7) is 3.70. The Bertz CT molecular complexity index is 343. The molecule has 0 aromatic carbocycles. The lowest BCUT2D eigenvalue weighted by Crippen LogP contribution is -2.34. The highest BCUT2D eigenvalue weighted by atomic mass is 35.5. The minimum Gasteiger partial charge on any atom is -0.392 e. The quantitative estimate of drug-likeness (QED) is 0.458. The number of halogens is 1.